The summed E-state index contributed by atoms with van der Waals surface area (Å²) in [4.78, 5) is 22.3. The second-order valence-electron chi connectivity index (χ2n) is 4.09. The maximum Gasteiger partial charge on any atom is 0.407 e. The number of ether oxygens (including phenoxy) is 2. The molecule has 92 valence electrons. The molecule has 5 heteroatoms. The van der Waals surface area contributed by atoms with E-state index in [9.17, 15) is 9.59 Å². The molecule has 0 aliphatic carbocycles. The number of nitrogens with one attached hydrogen (secondary N) is 1. The summed E-state index contributed by atoms with van der Waals surface area (Å²) in [6.45, 7) is 10.6. The minimum Gasteiger partial charge on any atom is -0.460 e. The Labute approximate surface area is 95.8 Å². The van der Waals surface area contributed by atoms with E-state index in [1.807, 2.05) is 0 Å². The van der Waals surface area contributed by atoms with Gasteiger partial charge in [0.05, 0.1) is 12.1 Å². The van der Waals surface area contributed by atoms with Gasteiger partial charge >= 0.3 is 12.1 Å². The van der Waals surface area contributed by atoms with Crippen molar-refractivity contribution in [3.63, 3.8) is 0 Å². The first-order valence-electron chi connectivity index (χ1n) is 5.06. The lowest BCUT2D eigenvalue weighted by Crippen LogP contribution is -2.47. The molecule has 5 nitrogen and oxygen atoms in total. The number of rotatable bonds is 5. The van der Waals surface area contributed by atoms with Crippen LogP contribution in [0.2, 0.25) is 0 Å². The summed E-state index contributed by atoms with van der Waals surface area (Å²) < 4.78 is 9.66. The number of amides is 1. The summed E-state index contributed by atoms with van der Waals surface area (Å²) in [7, 11) is 0. The fraction of sp³-hybridized carbons (Fsp3) is 0.636. The molecule has 0 rings (SSSR count). The second-order valence-corrected chi connectivity index (χ2v) is 4.09. The van der Waals surface area contributed by atoms with Crippen LogP contribution in [0.3, 0.4) is 0 Å². The predicted octanol–water partition coefficient (Wildman–Crippen LogP) is 1.63. The first-order valence-corrected chi connectivity index (χ1v) is 5.06. The Bertz CT molecular complexity index is 284. The Morgan fingerprint density at radius 2 is 1.88 bits per heavy atom. The summed E-state index contributed by atoms with van der Waals surface area (Å²) in [6.07, 6.45) is -0.529. The molecule has 0 aromatic rings. The predicted molar refractivity (Wildman–Crippen MR) is 60.0 cm³/mol. The summed E-state index contributed by atoms with van der Waals surface area (Å²) in [6, 6.07) is 0. The van der Waals surface area contributed by atoms with Crippen molar-refractivity contribution in [1.82, 2.24) is 5.32 Å². The number of hydrogen-bond donors (Lipinski definition) is 1. The van der Waals surface area contributed by atoms with Crippen LogP contribution in [0.1, 0.15) is 27.7 Å². The van der Waals surface area contributed by atoms with Gasteiger partial charge in [0, 0.05) is 5.57 Å². The first kappa shape index (κ1) is 14.5. The van der Waals surface area contributed by atoms with Gasteiger partial charge in [-0.25, -0.2) is 9.59 Å². The van der Waals surface area contributed by atoms with Gasteiger partial charge in [-0.3, -0.25) is 0 Å². The lowest BCUT2D eigenvalue weighted by atomic mass is 10.1. The third-order valence-corrected chi connectivity index (χ3v) is 1.63. The molecule has 0 atom stereocenters. The Morgan fingerprint density at radius 1 is 1.31 bits per heavy atom. The average molecular weight is 229 g/mol. The minimum atomic E-state index is -0.669. The molecule has 1 N–H and O–H groups in total. The van der Waals surface area contributed by atoms with Crippen molar-refractivity contribution in [3.05, 3.63) is 12.2 Å². The van der Waals surface area contributed by atoms with Crippen LogP contribution in [0.4, 0.5) is 4.79 Å². The summed E-state index contributed by atoms with van der Waals surface area (Å²) >= 11 is 0. The molecule has 0 unspecified atom stereocenters. The highest BCUT2D eigenvalue weighted by Gasteiger charge is 2.23. The Hall–Kier alpha value is -1.52. The lowest BCUT2D eigenvalue weighted by Gasteiger charge is -2.25. The van der Waals surface area contributed by atoms with E-state index >= 15 is 0 Å². The SMILES string of the molecule is C=C(C)C(=O)OCC(C)(C)NC(=O)OCC. The van der Waals surface area contributed by atoms with E-state index in [4.69, 9.17) is 9.47 Å². The second kappa shape index (κ2) is 6.15. The molecule has 0 aromatic carbocycles. The number of esters is 1. The van der Waals surface area contributed by atoms with Gasteiger partial charge in [-0.05, 0) is 27.7 Å². The van der Waals surface area contributed by atoms with Crippen LogP contribution >= 0.6 is 0 Å². The van der Waals surface area contributed by atoms with Crippen molar-refractivity contribution in [2.24, 2.45) is 0 Å². The molecule has 0 fully saturated rings. The molecule has 0 radical (unpaired) electrons. The maximum atomic E-state index is 11.1. The minimum absolute atomic E-state index is 0.0670. The zero-order valence-electron chi connectivity index (χ0n) is 10.3. The van der Waals surface area contributed by atoms with Crippen molar-refractivity contribution in [2.45, 2.75) is 33.2 Å². The largest absolute Gasteiger partial charge is 0.460 e. The highest BCUT2D eigenvalue weighted by atomic mass is 16.6. The van der Waals surface area contributed by atoms with E-state index in [1.54, 1.807) is 27.7 Å². The third kappa shape index (κ3) is 6.06. The van der Waals surface area contributed by atoms with E-state index in [-0.39, 0.29) is 6.61 Å². The Kier molecular flexibility index (Phi) is 5.56. The highest BCUT2D eigenvalue weighted by Crippen LogP contribution is 2.05. The number of hydrogen-bond acceptors (Lipinski definition) is 4. The van der Waals surface area contributed by atoms with Gasteiger partial charge < -0.3 is 14.8 Å². The average Bonchev–Trinajstić information content (AvgIpc) is 2.13. The van der Waals surface area contributed by atoms with E-state index in [0.29, 0.717) is 12.2 Å². The Morgan fingerprint density at radius 3 is 2.31 bits per heavy atom. The lowest BCUT2D eigenvalue weighted by molar-refractivity contribution is -0.140. The highest BCUT2D eigenvalue weighted by molar-refractivity contribution is 5.87. The molecule has 0 aliphatic rings. The topological polar surface area (TPSA) is 64.6 Å². The zero-order chi connectivity index (χ0) is 12.8. The molecule has 0 heterocycles. The van der Waals surface area contributed by atoms with Gasteiger partial charge in [-0.1, -0.05) is 6.58 Å². The number of alkyl carbamates (subject to hydrolysis) is 1. The summed E-state index contributed by atoms with van der Waals surface area (Å²) in [5.74, 6) is -0.473. The van der Waals surface area contributed by atoms with Crippen LogP contribution in [0.5, 0.6) is 0 Å². The molecule has 0 aromatic heterocycles. The third-order valence-electron chi connectivity index (χ3n) is 1.63. The fourth-order valence-corrected chi connectivity index (χ4v) is 0.849. The normalized spacial score (nSPS) is 10.5. The van der Waals surface area contributed by atoms with Crippen LogP contribution in [0.15, 0.2) is 12.2 Å². The van der Waals surface area contributed by atoms with Crippen LogP contribution in [0, 0.1) is 0 Å². The van der Waals surface area contributed by atoms with E-state index in [2.05, 4.69) is 11.9 Å². The maximum absolute atomic E-state index is 11.1. The molecule has 0 spiro atoms. The number of carbonyl (C=O) groups is 2. The molecule has 1 amide bonds. The van der Waals surface area contributed by atoms with Crippen LogP contribution < -0.4 is 5.32 Å². The van der Waals surface area contributed by atoms with Crippen molar-refractivity contribution in [3.8, 4) is 0 Å². The molecule has 0 saturated carbocycles. The monoisotopic (exact) mass is 229 g/mol. The van der Waals surface area contributed by atoms with Crippen molar-refractivity contribution in [2.75, 3.05) is 13.2 Å². The quantitative estimate of drug-likeness (QED) is 0.575. The van der Waals surface area contributed by atoms with Gasteiger partial charge in [0.15, 0.2) is 0 Å². The van der Waals surface area contributed by atoms with Crippen LogP contribution in [-0.2, 0) is 14.3 Å². The van der Waals surface area contributed by atoms with E-state index < -0.39 is 17.6 Å². The molecular formula is C11H19NO4. The van der Waals surface area contributed by atoms with Crippen LogP contribution in [0.25, 0.3) is 0 Å². The standard InChI is InChI=1S/C11H19NO4/c1-6-15-10(14)12-11(4,5)7-16-9(13)8(2)3/h2,6-7H2,1,3-5H3,(H,12,14). The smallest absolute Gasteiger partial charge is 0.407 e. The van der Waals surface area contributed by atoms with E-state index in [0.717, 1.165) is 0 Å². The van der Waals surface area contributed by atoms with Gasteiger partial charge in [0.2, 0.25) is 0 Å². The van der Waals surface area contributed by atoms with Crippen LogP contribution in [-0.4, -0.2) is 30.8 Å². The Balaban J connectivity index is 4.09. The van der Waals surface area contributed by atoms with E-state index in [1.165, 1.54) is 0 Å². The fourth-order valence-electron chi connectivity index (χ4n) is 0.849. The molecule has 0 saturated heterocycles. The molecule has 0 aliphatic heterocycles. The molecular weight excluding hydrogens is 210 g/mol. The van der Waals surface area contributed by atoms with Gasteiger partial charge in [-0.2, -0.15) is 0 Å². The van der Waals surface area contributed by atoms with Gasteiger partial charge in [0.1, 0.15) is 6.61 Å². The van der Waals surface area contributed by atoms with Crippen molar-refractivity contribution in [1.29, 1.82) is 0 Å². The molecule has 0 bridgehead atoms. The van der Waals surface area contributed by atoms with Gasteiger partial charge in [-0.15, -0.1) is 0 Å². The first-order chi connectivity index (χ1) is 7.28. The summed E-state index contributed by atoms with van der Waals surface area (Å²) in [5, 5.41) is 2.58. The van der Waals surface area contributed by atoms with Crippen molar-refractivity contribution < 1.29 is 19.1 Å². The van der Waals surface area contributed by atoms with Gasteiger partial charge in [0.25, 0.3) is 0 Å². The number of carbonyl (C=O) groups excluding carboxylic acids is 2. The summed E-state index contributed by atoms with van der Waals surface area (Å²) in [5.41, 5.74) is -0.343. The van der Waals surface area contributed by atoms with Crippen molar-refractivity contribution >= 4 is 12.1 Å². The zero-order valence-corrected chi connectivity index (χ0v) is 10.3. The molecule has 16 heavy (non-hydrogen) atoms.